The van der Waals surface area contributed by atoms with Gasteiger partial charge in [0.1, 0.15) is 5.69 Å². The molecule has 0 amide bonds. The molecule has 2 rings (SSSR count). The lowest BCUT2D eigenvalue weighted by Gasteiger charge is -2.06. The Hall–Kier alpha value is -1.62. The van der Waals surface area contributed by atoms with E-state index < -0.39 is 5.97 Å². The summed E-state index contributed by atoms with van der Waals surface area (Å²) in [6.45, 7) is 0.489. The van der Waals surface area contributed by atoms with Gasteiger partial charge < -0.3 is 9.67 Å². The van der Waals surface area contributed by atoms with Gasteiger partial charge in [-0.2, -0.15) is 0 Å². The van der Waals surface area contributed by atoms with Crippen LogP contribution in [0.3, 0.4) is 0 Å². The molecule has 0 atom stereocenters. The fraction of sp³-hybridized carbons (Fsp3) is 0.0909. The number of carbonyl (C=O) groups is 1. The monoisotopic (exact) mass is 280 g/mol. The summed E-state index contributed by atoms with van der Waals surface area (Å²) >= 11 is 3.42. The summed E-state index contributed by atoms with van der Waals surface area (Å²) in [6, 6.07) is 7.69. The molecule has 1 aromatic heterocycles. The Morgan fingerprint density at radius 3 is 2.88 bits per heavy atom. The average molecular weight is 281 g/mol. The summed E-state index contributed by atoms with van der Waals surface area (Å²) in [6.07, 6.45) is 2.86. The van der Waals surface area contributed by atoms with Crippen molar-refractivity contribution in [1.29, 1.82) is 0 Å². The Morgan fingerprint density at radius 1 is 1.44 bits per heavy atom. The molecule has 82 valence electrons. The van der Waals surface area contributed by atoms with Crippen LogP contribution < -0.4 is 0 Å². The van der Waals surface area contributed by atoms with Gasteiger partial charge in [0.25, 0.3) is 0 Å². The molecule has 0 radical (unpaired) electrons. The molecule has 1 heterocycles. The zero-order valence-electron chi connectivity index (χ0n) is 8.30. The molecular formula is C11H9BrN2O2. The maximum Gasteiger partial charge on any atom is 0.354 e. The number of imidazole rings is 1. The van der Waals surface area contributed by atoms with Crippen molar-refractivity contribution in [2.24, 2.45) is 0 Å². The number of rotatable bonds is 3. The number of aromatic carboxylic acids is 1. The summed E-state index contributed by atoms with van der Waals surface area (Å²) in [5.74, 6) is -0.968. The molecule has 2 aromatic rings. The maximum absolute atomic E-state index is 10.9. The second-order valence-corrected chi connectivity index (χ2v) is 4.16. The van der Waals surface area contributed by atoms with E-state index in [0.29, 0.717) is 6.54 Å². The number of nitrogens with zero attached hydrogens (tertiary/aromatic N) is 2. The Labute approximate surface area is 101 Å². The number of aromatic nitrogens is 2. The minimum atomic E-state index is -0.968. The highest BCUT2D eigenvalue weighted by atomic mass is 79.9. The van der Waals surface area contributed by atoms with Gasteiger partial charge in [0, 0.05) is 4.47 Å². The van der Waals surface area contributed by atoms with Crippen LogP contribution in [0.25, 0.3) is 0 Å². The van der Waals surface area contributed by atoms with Crippen LogP contribution >= 0.6 is 15.9 Å². The Morgan fingerprint density at radius 2 is 2.19 bits per heavy atom. The number of hydrogen-bond acceptors (Lipinski definition) is 2. The molecule has 0 saturated carbocycles. The SMILES string of the molecule is O=C(O)c1cncn1Cc1ccccc1Br. The largest absolute Gasteiger partial charge is 0.477 e. The minimum Gasteiger partial charge on any atom is -0.477 e. The van der Waals surface area contributed by atoms with E-state index in [1.165, 1.54) is 12.5 Å². The fourth-order valence-electron chi connectivity index (χ4n) is 1.43. The first-order valence-electron chi connectivity index (χ1n) is 4.65. The normalized spacial score (nSPS) is 10.3. The van der Waals surface area contributed by atoms with E-state index in [-0.39, 0.29) is 5.69 Å². The highest BCUT2D eigenvalue weighted by Crippen LogP contribution is 2.17. The highest BCUT2D eigenvalue weighted by Gasteiger charge is 2.10. The predicted octanol–water partition coefficient (Wildman–Crippen LogP) is 2.39. The van der Waals surface area contributed by atoms with Gasteiger partial charge in [-0.05, 0) is 11.6 Å². The summed E-state index contributed by atoms with van der Waals surface area (Å²) in [7, 11) is 0. The molecule has 0 fully saturated rings. The first-order chi connectivity index (χ1) is 7.68. The molecule has 0 aliphatic heterocycles. The molecule has 0 unspecified atom stereocenters. The molecule has 0 bridgehead atoms. The molecule has 16 heavy (non-hydrogen) atoms. The van der Waals surface area contributed by atoms with Gasteiger partial charge in [0.2, 0.25) is 0 Å². The number of carboxylic acid groups (broad SMARTS) is 1. The van der Waals surface area contributed by atoms with E-state index >= 15 is 0 Å². The van der Waals surface area contributed by atoms with Crippen molar-refractivity contribution in [3.8, 4) is 0 Å². The Kier molecular flexibility index (Phi) is 3.05. The van der Waals surface area contributed by atoms with Crippen LogP contribution in [0, 0.1) is 0 Å². The molecule has 4 nitrogen and oxygen atoms in total. The standard InChI is InChI=1S/C11H9BrN2O2/c12-9-4-2-1-3-8(9)6-14-7-13-5-10(14)11(15)16/h1-5,7H,6H2,(H,15,16). The van der Waals surface area contributed by atoms with Crippen molar-refractivity contribution in [1.82, 2.24) is 9.55 Å². The van der Waals surface area contributed by atoms with Gasteiger partial charge in [-0.1, -0.05) is 34.1 Å². The second kappa shape index (κ2) is 4.49. The van der Waals surface area contributed by atoms with E-state index in [9.17, 15) is 4.79 Å². The predicted molar refractivity (Wildman–Crippen MR) is 62.4 cm³/mol. The average Bonchev–Trinajstić information content (AvgIpc) is 2.69. The van der Waals surface area contributed by atoms with Gasteiger partial charge >= 0.3 is 5.97 Å². The molecule has 5 heteroatoms. The van der Waals surface area contributed by atoms with Crippen LogP contribution in [0.15, 0.2) is 41.3 Å². The fourth-order valence-corrected chi connectivity index (χ4v) is 1.85. The van der Waals surface area contributed by atoms with E-state index in [0.717, 1.165) is 10.0 Å². The van der Waals surface area contributed by atoms with Gasteiger partial charge in [-0.3, -0.25) is 0 Å². The zero-order valence-corrected chi connectivity index (χ0v) is 9.89. The topological polar surface area (TPSA) is 55.1 Å². The third-order valence-corrected chi connectivity index (χ3v) is 3.00. The summed E-state index contributed by atoms with van der Waals surface area (Å²) in [5.41, 5.74) is 1.21. The van der Waals surface area contributed by atoms with Crippen molar-refractivity contribution in [3.63, 3.8) is 0 Å². The highest BCUT2D eigenvalue weighted by molar-refractivity contribution is 9.10. The summed E-state index contributed by atoms with van der Waals surface area (Å²) in [5, 5.41) is 8.93. The van der Waals surface area contributed by atoms with E-state index in [1.807, 2.05) is 24.3 Å². The quantitative estimate of drug-likeness (QED) is 0.939. The van der Waals surface area contributed by atoms with Gasteiger partial charge in [-0.15, -0.1) is 0 Å². The first-order valence-corrected chi connectivity index (χ1v) is 5.44. The first kappa shape index (κ1) is 10.9. The number of halogens is 1. The third kappa shape index (κ3) is 2.14. The van der Waals surface area contributed by atoms with Crippen LogP contribution in [0.4, 0.5) is 0 Å². The van der Waals surface area contributed by atoms with Crippen LogP contribution in [0.5, 0.6) is 0 Å². The lowest BCUT2D eigenvalue weighted by molar-refractivity contribution is 0.0685. The van der Waals surface area contributed by atoms with Crippen molar-refractivity contribution >= 4 is 21.9 Å². The molecule has 0 aliphatic carbocycles. The molecule has 0 aliphatic rings. The van der Waals surface area contributed by atoms with Crippen molar-refractivity contribution in [3.05, 3.63) is 52.5 Å². The minimum absolute atomic E-state index is 0.191. The number of hydrogen-bond donors (Lipinski definition) is 1. The number of carboxylic acids is 1. The molecular weight excluding hydrogens is 272 g/mol. The van der Waals surface area contributed by atoms with Crippen molar-refractivity contribution in [2.45, 2.75) is 6.54 Å². The smallest absolute Gasteiger partial charge is 0.354 e. The number of benzene rings is 1. The lowest BCUT2D eigenvalue weighted by Crippen LogP contribution is -2.08. The van der Waals surface area contributed by atoms with Crippen molar-refractivity contribution < 1.29 is 9.90 Å². The van der Waals surface area contributed by atoms with Crippen molar-refractivity contribution in [2.75, 3.05) is 0 Å². The van der Waals surface area contributed by atoms with E-state index in [2.05, 4.69) is 20.9 Å². The molecule has 1 N–H and O–H groups in total. The summed E-state index contributed by atoms with van der Waals surface area (Å²) < 4.78 is 2.56. The second-order valence-electron chi connectivity index (χ2n) is 3.30. The third-order valence-electron chi connectivity index (χ3n) is 2.23. The maximum atomic E-state index is 10.9. The van der Waals surface area contributed by atoms with Crippen LogP contribution in [-0.4, -0.2) is 20.6 Å². The van der Waals surface area contributed by atoms with Crippen LogP contribution in [0.2, 0.25) is 0 Å². The van der Waals surface area contributed by atoms with Gasteiger partial charge in [-0.25, -0.2) is 9.78 Å². The Balaban J connectivity index is 2.31. The van der Waals surface area contributed by atoms with Crippen LogP contribution in [-0.2, 0) is 6.54 Å². The van der Waals surface area contributed by atoms with E-state index in [4.69, 9.17) is 5.11 Å². The zero-order chi connectivity index (χ0) is 11.5. The lowest BCUT2D eigenvalue weighted by atomic mass is 10.2. The molecule has 0 spiro atoms. The molecule has 1 aromatic carbocycles. The van der Waals surface area contributed by atoms with Gasteiger partial charge in [0.15, 0.2) is 0 Å². The van der Waals surface area contributed by atoms with Crippen LogP contribution in [0.1, 0.15) is 16.1 Å². The van der Waals surface area contributed by atoms with Gasteiger partial charge in [0.05, 0.1) is 19.1 Å². The Bertz CT molecular complexity index is 522. The summed E-state index contributed by atoms with van der Waals surface area (Å²) in [4.78, 5) is 14.7. The van der Waals surface area contributed by atoms with E-state index in [1.54, 1.807) is 4.57 Å². The molecule has 0 saturated heterocycles.